The number of aromatic nitrogens is 5. The summed E-state index contributed by atoms with van der Waals surface area (Å²) in [5, 5.41) is 8.12. The fraction of sp³-hybridized carbons (Fsp3) is 0.444. The first-order chi connectivity index (χ1) is 13.0. The molecule has 0 saturated carbocycles. The molecule has 3 aromatic rings. The quantitative estimate of drug-likeness (QED) is 0.714. The van der Waals surface area contributed by atoms with Crippen LogP contribution in [0.15, 0.2) is 24.5 Å². The Bertz CT molecular complexity index is 928. The number of pyridine rings is 1. The van der Waals surface area contributed by atoms with Gasteiger partial charge in [-0.25, -0.2) is 4.98 Å². The minimum atomic E-state index is 0.210. The van der Waals surface area contributed by atoms with Crippen molar-refractivity contribution in [2.75, 3.05) is 29.0 Å². The monoisotopic (exact) mass is 368 g/mol. The zero-order chi connectivity index (χ0) is 19.0. The van der Waals surface area contributed by atoms with Gasteiger partial charge in [0.05, 0.1) is 23.8 Å². The van der Waals surface area contributed by atoms with Crippen LogP contribution in [0.2, 0.25) is 0 Å². The van der Waals surface area contributed by atoms with E-state index in [-0.39, 0.29) is 12.2 Å². The van der Waals surface area contributed by atoms with Crippen LogP contribution in [0.3, 0.4) is 0 Å². The number of nitrogens with two attached hydrogens (primary N) is 1. The molecule has 1 aliphatic rings. The molecular weight excluding hydrogens is 344 g/mol. The first-order valence-corrected chi connectivity index (χ1v) is 9.04. The molecule has 1 aliphatic heterocycles. The number of morpholine rings is 1. The van der Waals surface area contributed by atoms with Gasteiger partial charge in [0.2, 0.25) is 5.95 Å². The molecule has 0 radical (unpaired) electrons. The summed E-state index contributed by atoms with van der Waals surface area (Å²) in [6, 6.07) is 4.10. The summed E-state index contributed by atoms with van der Waals surface area (Å²) in [6.07, 6.45) is 3.96. The number of nitrogens with zero attached hydrogens (tertiary/aromatic N) is 6. The Hall–Kier alpha value is -2.94. The Morgan fingerprint density at radius 3 is 2.67 bits per heavy atom. The van der Waals surface area contributed by atoms with E-state index in [1.54, 1.807) is 10.9 Å². The van der Waals surface area contributed by atoms with E-state index in [2.05, 4.69) is 50.2 Å². The van der Waals surface area contributed by atoms with Gasteiger partial charge in [0, 0.05) is 32.9 Å². The van der Waals surface area contributed by atoms with Gasteiger partial charge < -0.3 is 20.7 Å². The summed E-state index contributed by atoms with van der Waals surface area (Å²) in [5.74, 6) is 1.86. The Morgan fingerprint density at radius 1 is 1.19 bits per heavy atom. The standard InChI is InChI=1S/C18H24N8O/c1-11-9-26(10-12(2)27-11)15-5-4-13(6-20-15)7-21-18-23-16(19)14-8-22-25(3)17(14)24-18/h4-6,8,11-12H,7,9-10H2,1-3H3,(H3,19,21,23,24). The van der Waals surface area contributed by atoms with E-state index in [9.17, 15) is 0 Å². The minimum absolute atomic E-state index is 0.210. The van der Waals surface area contributed by atoms with Crippen molar-refractivity contribution in [3.63, 3.8) is 0 Å². The SMILES string of the molecule is CC1CN(c2ccc(CNc3nc(N)c4cnn(C)c4n3)cn2)CC(C)O1. The van der Waals surface area contributed by atoms with Crippen molar-refractivity contribution in [1.29, 1.82) is 0 Å². The fourth-order valence-corrected chi connectivity index (χ4v) is 3.38. The van der Waals surface area contributed by atoms with Crippen molar-refractivity contribution in [2.45, 2.75) is 32.6 Å². The molecular formula is C18H24N8O. The van der Waals surface area contributed by atoms with Gasteiger partial charge in [-0.05, 0) is 25.5 Å². The maximum atomic E-state index is 5.99. The molecule has 4 rings (SSSR count). The topological polar surface area (TPSA) is 107 Å². The molecule has 0 bridgehead atoms. The molecule has 0 aliphatic carbocycles. The van der Waals surface area contributed by atoms with Gasteiger partial charge in [-0.2, -0.15) is 15.1 Å². The number of hydrogen-bond donors (Lipinski definition) is 2. The van der Waals surface area contributed by atoms with Crippen LogP contribution in [0.5, 0.6) is 0 Å². The van der Waals surface area contributed by atoms with Crippen LogP contribution in [0, 0.1) is 0 Å². The molecule has 0 spiro atoms. The number of nitrogen functional groups attached to an aromatic ring is 1. The summed E-state index contributed by atoms with van der Waals surface area (Å²) >= 11 is 0. The van der Waals surface area contributed by atoms with Gasteiger partial charge in [-0.15, -0.1) is 0 Å². The van der Waals surface area contributed by atoms with Crippen LogP contribution >= 0.6 is 0 Å². The van der Waals surface area contributed by atoms with Gasteiger partial charge in [-0.3, -0.25) is 4.68 Å². The Balaban J connectivity index is 1.44. The molecule has 9 nitrogen and oxygen atoms in total. The van der Waals surface area contributed by atoms with Crippen LogP contribution < -0.4 is 16.0 Å². The second-order valence-electron chi connectivity index (χ2n) is 6.98. The van der Waals surface area contributed by atoms with Crippen LogP contribution in [-0.2, 0) is 18.3 Å². The van der Waals surface area contributed by atoms with E-state index in [0.29, 0.717) is 24.0 Å². The molecule has 2 unspecified atom stereocenters. The molecule has 3 aromatic heterocycles. The number of hydrogen-bond acceptors (Lipinski definition) is 8. The lowest BCUT2D eigenvalue weighted by molar-refractivity contribution is -0.00545. The lowest BCUT2D eigenvalue weighted by Crippen LogP contribution is -2.45. The van der Waals surface area contributed by atoms with Crippen molar-refractivity contribution in [1.82, 2.24) is 24.7 Å². The second-order valence-corrected chi connectivity index (χ2v) is 6.98. The minimum Gasteiger partial charge on any atom is -0.383 e. The van der Waals surface area contributed by atoms with E-state index in [1.165, 1.54) is 0 Å². The second kappa shape index (κ2) is 6.99. The third kappa shape index (κ3) is 3.63. The average molecular weight is 368 g/mol. The van der Waals surface area contributed by atoms with Crippen molar-refractivity contribution < 1.29 is 4.74 Å². The Kier molecular flexibility index (Phi) is 4.53. The van der Waals surface area contributed by atoms with E-state index in [1.807, 2.05) is 19.3 Å². The summed E-state index contributed by atoms with van der Waals surface area (Å²) in [6.45, 7) is 6.45. The highest BCUT2D eigenvalue weighted by Crippen LogP contribution is 2.20. The van der Waals surface area contributed by atoms with Gasteiger partial charge in [-0.1, -0.05) is 6.07 Å². The first-order valence-electron chi connectivity index (χ1n) is 9.04. The van der Waals surface area contributed by atoms with Crippen molar-refractivity contribution in [2.24, 2.45) is 7.05 Å². The zero-order valence-electron chi connectivity index (χ0n) is 15.8. The third-order valence-corrected chi connectivity index (χ3v) is 4.62. The van der Waals surface area contributed by atoms with Gasteiger partial charge in [0.15, 0.2) is 5.65 Å². The van der Waals surface area contributed by atoms with Crippen molar-refractivity contribution in [3.8, 4) is 0 Å². The largest absolute Gasteiger partial charge is 0.383 e. The molecule has 1 saturated heterocycles. The van der Waals surface area contributed by atoms with E-state index in [0.717, 1.165) is 29.9 Å². The Morgan fingerprint density at radius 2 is 1.96 bits per heavy atom. The third-order valence-electron chi connectivity index (χ3n) is 4.62. The number of nitrogens with one attached hydrogen (secondary N) is 1. The maximum absolute atomic E-state index is 5.99. The molecule has 142 valence electrons. The lowest BCUT2D eigenvalue weighted by atomic mass is 10.2. The normalized spacial score (nSPS) is 20.2. The van der Waals surface area contributed by atoms with Gasteiger partial charge in [0.25, 0.3) is 0 Å². The summed E-state index contributed by atoms with van der Waals surface area (Å²) in [5.41, 5.74) is 7.74. The number of ether oxygens (including phenoxy) is 1. The molecule has 4 heterocycles. The van der Waals surface area contributed by atoms with Crippen LogP contribution in [0.4, 0.5) is 17.6 Å². The lowest BCUT2D eigenvalue weighted by Gasteiger charge is -2.36. The van der Waals surface area contributed by atoms with E-state index in [4.69, 9.17) is 10.5 Å². The molecule has 0 aromatic carbocycles. The molecule has 3 N–H and O–H groups in total. The van der Waals surface area contributed by atoms with Crippen LogP contribution in [0.25, 0.3) is 11.0 Å². The highest BCUT2D eigenvalue weighted by molar-refractivity contribution is 5.86. The van der Waals surface area contributed by atoms with E-state index < -0.39 is 0 Å². The summed E-state index contributed by atoms with van der Waals surface area (Å²) in [7, 11) is 1.83. The van der Waals surface area contributed by atoms with E-state index >= 15 is 0 Å². The zero-order valence-corrected chi connectivity index (χ0v) is 15.8. The van der Waals surface area contributed by atoms with Crippen LogP contribution in [0.1, 0.15) is 19.4 Å². The highest BCUT2D eigenvalue weighted by Gasteiger charge is 2.22. The first kappa shape index (κ1) is 17.5. The predicted molar refractivity (Wildman–Crippen MR) is 105 cm³/mol. The fourth-order valence-electron chi connectivity index (χ4n) is 3.38. The number of fused-ring (bicyclic) bond motifs is 1. The predicted octanol–water partition coefficient (Wildman–Crippen LogP) is 1.57. The van der Waals surface area contributed by atoms with Gasteiger partial charge >= 0.3 is 0 Å². The number of rotatable bonds is 4. The van der Waals surface area contributed by atoms with Crippen molar-refractivity contribution >= 4 is 28.6 Å². The van der Waals surface area contributed by atoms with Crippen LogP contribution in [-0.4, -0.2) is 50.0 Å². The molecule has 27 heavy (non-hydrogen) atoms. The molecule has 0 amide bonds. The summed E-state index contributed by atoms with van der Waals surface area (Å²) in [4.78, 5) is 15.6. The molecule has 2 atom stereocenters. The Labute approximate surface area is 157 Å². The van der Waals surface area contributed by atoms with Gasteiger partial charge in [0.1, 0.15) is 11.6 Å². The molecule has 1 fully saturated rings. The van der Waals surface area contributed by atoms with Crippen molar-refractivity contribution in [3.05, 3.63) is 30.1 Å². The summed E-state index contributed by atoms with van der Waals surface area (Å²) < 4.78 is 7.46. The smallest absolute Gasteiger partial charge is 0.226 e. The average Bonchev–Trinajstić information content (AvgIpc) is 3.01. The number of anilines is 3. The number of aryl methyl sites for hydroxylation is 1. The maximum Gasteiger partial charge on any atom is 0.226 e. The molecule has 9 heteroatoms. The highest BCUT2D eigenvalue weighted by atomic mass is 16.5.